The molecule has 0 atom stereocenters. The standard InChI is InChI=1S/C33H28N2O2/c36-32(34-30-19-15-26(16-20-30)24-9-3-1-4-10-24)28-13-7-8-14-29(23-28)33(37)35-31-21-17-27(18-22-31)25-11-5-2-6-12-25/h1,3-5,7-13,15-23H,2,6,14H2,(H,34,36)(H,35,37). The first-order valence-electron chi connectivity index (χ1n) is 12.5. The van der Waals surface area contributed by atoms with Gasteiger partial charge in [-0.3, -0.25) is 9.59 Å². The van der Waals surface area contributed by atoms with Gasteiger partial charge in [0.1, 0.15) is 0 Å². The molecule has 5 rings (SSSR count). The second-order valence-corrected chi connectivity index (χ2v) is 8.99. The summed E-state index contributed by atoms with van der Waals surface area (Å²) in [4.78, 5) is 26.0. The second kappa shape index (κ2) is 11.4. The van der Waals surface area contributed by atoms with Crippen molar-refractivity contribution in [2.24, 2.45) is 0 Å². The Bertz CT molecular complexity index is 1440. The lowest BCUT2D eigenvalue weighted by molar-refractivity contribution is -0.113. The molecule has 0 saturated carbocycles. The summed E-state index contributed by atoms with van der Waals surface area (Å²) in [7, 11) is 0. The molecular formula is C33H28N2O2. The third-order valence-corrected chi connectivity index (χ3v) is 6.35. The highest BCUT2D eigenvalue weighted by atomic mass is 16.2. The van der Waals surface area contributed by atoms with Crippen LogP contribution in [0.25, 0.3) is 16.7 Å². The zero-order chi connectivity index (χ0) is 25.5. The highest BCUT2D eigenvalue weighted by Gasteiger charge is 2.15. The fourth-order valence-corrected chi connectivity index (χ4v) is 4.33. The zero-order valence-electron chi connectivity index (χ0n) is 20.5. The maximum Gasteiger partial charge on any atom is 0.255 e. The molecule has 3 aromatic carbocycles. The van der Waals surface area contributed by atoms with Crippen molar-refractivity contribution in [1.29, 1.82) is 0 Å². The minimum absolute atomic E-state index is 0.220. The van der Waals surface area contributed by atoms with Gasteiger partial charge >= 0.3 is 0 Å². The Hall–Kier alpha value is -4.70. The number of hydrogen-bond donors (Lipinski definition) is 2. The van der Waals surface area contributed by atoms with Crippen molar-refractivity contribution in [3.8, 4) is 11.1 Å². The summed E-state index contributed by atoms with van der Waals surface area (Å²) in [6.45, 7) is 0. The van der Waals surface area contributed by atoms with Crippen LogP contribution < -0.4 is 10.6 Å². The monoisotopic (exact) mass is 484 g/mol. The van der Waals surface area contributed by atoms with E-state index in [-0.39, 0.29) is 11.8 Å². The van der Waals surface area contributed by atoms with Crippen LogP contribution in [0.4, 0.5) is 11.4 Å². The van der Waals surface area contributed by atoms with Crippen LogP contribution in [-0.4, -0.2) is 11.8 Å². The van der Waals surface area contributed by atoms with Crippen LogP contribution in [0.5, 0.6) is 0 Å². The van der Waals surface area contributed by atoms with Gasteiger partial charge in [-0.25, -0.2) is 0 Å². The molecule has 2 N–H and O–H groups in total. The summed E-state index contributed by atoms with van der Waals surface area (Å²) >= 11 is 0. The molecule has 0 saturated heterocycles. The molecule has 0 unspecified atom stereocenters. The van der Waals surface area contributed by atoms with Crippen LogP contribution in [-0.2, 0) is 9.59 Å². The lowest BCUT2D eigenvalue weighted by Crippen LogP contribution is -2.17. The van der Waals surface area contributed by atoms with Crippen LogP contribution in [0.1, 0.15) is 24.8 Å². The lowest BCUT2D eigenvalue weighted by Gasteiger charge is -2.11. The highest BCUT2D eigenvalue weighted by molar-refractivity contribution is 6.10. The van der Waals surface area contributed by atoms with Gasteiger partial charge in [-0.05, 0) is 77.9 Å². The number of rotatable bonds is 6. The Balaban J connectivity index is 1.24. The molecule has 37 heavy (non-hydrogen) atoms. The van der Waals surface area contributed by atoms with E-state index in [1.807, 2.05) is 91.0 Å². The second-order valence-electron chi connectivity index (χ2n) is 8.99. The number of hydrogen-bond acceptors (Lipinski definition) is 2. The molecule has 0 fully saturated rings. The van der Waals surface area contributed by atoms with Gasteiger partial charge in [0.25, 0.3) is 11.8 Å². The summed E-state index contributed by atoms with van der Waals surface area (Å²) in [5.74, 6) is -0.482. The fourth-order valence-electron chi connectivity index (χ4n) is 4.33. The van der Waals surface area contributed by atoms with Crippen molar-refractivity contribution in [3.05, 3.63) is 138 Å². The van der Waals surface area contributed by atoms with Gasteiger partial charge in [-0.15, -0.1) is 0 Å². The quantitative estimate of drug-likeness (QED) is 0.381. The molecule has 182 valence electrons. The summed E-state index contributed by atoms with van der Waals surface area (Å²) in [6.07, 6.45) is 16.2. The molecule has 4 heteroatoms. The van der Waals surface area contributed by atoms with Crippen molar-refractivity contribution >= 4 is 28.8 Å². The average Bonchev–Trinajstić information content (AvgIpc) is 3.22. The van der Waals surface area contributed by atoms with E-state index in [1.165, 1.54) is 5.57 Å². The Morgan fingerprint density at radius 3 is 1.97 bits per heavy atom. The number of benzene rings is 3. The molecule has 4 nitrogen and oxygen atoms in total. The van der Waals surface area contributed by atoms with E-state index in [0.29, 0.717) is 23.3 Å². The van der Waals surface area contributed by atoms with E-state index in [9.17, 15) is 9.59 Å². The molecule has 0 heterocycles. The van der Waals surface area contributed by atoms with Gasteiger partial charge < -0.3 is 10.6 Å². The molecule has 2 aliphatic rings. The topological polar surface area (TPSA) is 58.2 Å². The zero-order valence-corrected chi connectivity index (χ0v) is 20.5. The minimum atomic E-state index is -0.262. The maximum absolute atomic E-state index is 13.0. The number of nitrogens with one attached hydrogen (secondary N) is 2. The van der Waals surface area contributed by atoms with Gasteiger partial charge in [-0.1, -0.05) is 85.0 Å². The van der Waals surface area contributed by atoms with Crippen molar-refractivity contribution in [1.82, 2.24) is 0 Å². The summed E-state index contributed by atoms with van der Waals surface area (Å²) in [5.41, 5.74) is 6.90. The first kappa shape index (κ1) is 24.0. The number of carbonyl (C=O) groups excluding carboxylic acids is 2. The van der Waals surface area contributed by atoms with Gasteiger partial charge in [0.15, 0.2) is 0 Å². The third kappa shape index (κ3) is 6.11. The number of carbonyl (C=O) groups is 2. The van der Waals surface area contributed by atoms with E-state index in [1.54, 1.807) is 12.2 Å². The maximum atomic E-state index is 13.0. The molecule has 2 amide bonds. The number of allylic oxidation sites excluding steroid dienone is 7. The van der Waals surface area contributed by atoms with Gasteiger partial charge in [0, 0.05) is 22.5 Å². The Morgan fingerprint density at radius 2 is 1.30 bits per heavy atom. The van der Waals surface area contributed by atoms with E-state index in [4.69, 9.17) is 0 Å². The Kier molecular flexibility index (Phi) is 7.37. The average molecular weight is 485 g/mol. The smallest absolute Gasteiger partial charge is 0.255 e. The number of anilines is 2. The normalized spacial score (nSPS) is 14.6. The summed E-state index contributed by atoms with van der Waals surface area (Å²) in [5, 5.41) is 5.90. The van der Waals surface area contributed by atoms with Crippen LogP contribution in [0.2, 0.25) is 0 Å². The van der Waals surface area contributed by atoms with E-state index in [2.05, 4.69) is 28.9 Å². The van der Waals surface area contributed by atoms with Crippen LogP contribution in [0.15, 0.2) is 133 Å². The van der Waals surface area contributed by atoms with Gasteiger partial charge in [-0.2, -0.15) is 0 Å². The third-order valence-electron chi connectivity index (χ3n) is 6.35. The molecule has 0 aliphatic heterocycles. The first-order valence-corrected chi connectivity index (χ1v) is 12.5. The van der Waals surface area contributed by atoms with Crippen molar-refractivity contribution in [3.63, 3.8) is 0 Å². The van der Waals surface area contributed by atoms with Crippen molar-refractivity contribution < 1.29 is 9.59 Å². The molecule has 0 radical (unpaired) electrons. The van der Waals surface area contributed by atoms with E-state index in [0.717, 1.165) is 35.2 Å². The summed E-state index contributed by atoms with van der Waals surface area (Å²) in [6, 6.07) is 25.7. The number of amides is 2. The highest BCUT2D eigenvalue weighted by Crippen LogP contribution is 2.24. The van der Waals surface area contributed by atoms with Crippen molar-refractivity contribution in [2.75, 3.05) is 10.6 Å². The molecule has 0 bridgehead atoms. The van der Waals surface area contributed by atoms with Gasteiger partial charge in [0.05, 0.1) is 0 Å². The molecule has 2 aliphatic carbocycles. The lowest BCUT2D eigenvalue weighted by atomic mass is 9.99. The molecule has 3 aromatic rings. The molecular weight excluding hydrogens is 456 g/mol. The van der Waals surface area contributed by atoms with E-state index >= 15 is 0 Å². The fraction of sp³-hybridized carbons (Fsp3) is 0.0909. The molecule has 0 spiro atoms. The van der Waals surface area contributed by atoms with Crippen molar-refractivity contribution in [2.45, 2.75) is 19.3 Å². The minimum Gasteiger partial charge on any atom is -0.322 e. The first-order chi connectivity index (χ1) is 18.2. The summed E-state index contributed by atoms with van der Waals surface area (Å²) < 4.78 is 0. The Morgan fingerprint density at radius 1 is 0.649 bits per heavy atom. The van der Waals surface area contributed by atoms with Crippen LogP contribution in [0.3, 0.4) is 0 Å². The van der Waals surface area contributed by atoms with Crippen LogP contribution >= 0.6 is 0 Å². The largest absolute Gasteiger partial charge is 0.322 e. The predicted molar refractivity (Wildman–Crippen MR) is 152 cm³/mol. The SMILES string of the molecule is O=C(Nc1ccc(-c2ccccc2)cc1)C1=CC=CCC(C(=O)Nc2ccc(C3=CCCC=C3)cc2)=C1. The van der Waals surface area contributed by atoms with E-state index < -0.39 is 0 Å². The van der Waals surface area contributed by atoms with Gasteiger partial charge in [0.2, 0.25) is 0 Å². The molecule has 0 aromatic heterocycles. The Labute approximate surface area is 217 Å². The predicted octanol–water partition coefficient (Wildman–Crippen LogP) is 7.48. The van der Waals surface area contributed by atoms with Crippen LogP contribution in [0, 0.1) is 0 Å².